The van der Waals surface area contributed by atoms with E-state index in [1.807, 2.05) is 45.9 Å². The minimum Gasteiger partial charge on any atom is -0.352 e. The standard InChI is InChI=1S/C28H40N2O2/c1-7-22(6)29-28(32)26(8-2)30(19-24-11-9-10-21(5)18-24)27(31)17-14-23-12-15-25(16-13-23)20(3)4/h9-13,15-16,18,20,22,26H,7-8,14,17,19H2,1-6H3,(H,29,32)/t22-,26+/m0/s1. The largest absolute Gasteiger partial charge is 0.352 e. The Morgan fingerprint density at radius 2 is 1.62 bits per heavy atom. The highest BCUT2D eigenvalue weighted by atomic mass is 16.2. The van der Waals surface area contributed by atoms with Gasteiger partial charge in [0.15, 0.2) is 0 Å². The number of hydrogen-bond acceptors (Lipinski definition) is 2. The van der Waals surface area contributed by atoms with Gasteiger partial charge in [0, 0.05) is 19.0 Å². The van der Waals surface area contributed by atoms with Crippen molar-refractivity contribution in [2.45, 2.75) is 91.8 Å². The summed E-state index contributed by atoms with van der Waals surface area (Å²) in [6, 6.07) is 16.3. The smallest absolute Gasteiger partial charge is 0.243 e. The van der Waals surface area contributed by atoms with Crippen molar-refractivity contribution in [2.24, 2.45) is 0 Å². The summed E-state index contributed by atoms with van der Waals surface area (Å²) in [6.07, 6.45) is 2.51. The number of nitrogens with zero attached hydrogens (tertiary/aromatic N) is 1. The van der Waals surface area contributed by atoms with E-state index >= 15 is 0 Å². The average molecular weight is 437 g/mol. The summed E-state index contributed by atoms with van der Waals surface area (Å²) in [4.78, 5) is 28.2. The Kier molecular flexibility index (Phi) is 9.96. The third kappa shape index (κ3) is 7.51. The summed E-state index contributed by atoms with van der Waals surface area (Å²) in [7, 11) is 0. The molecule has 0 aliphatic rings. The third-order valence-corrected chi connectivity index (χ3v) is 6.10. The van der Waals surface area contributed by atoms with E-state index < -0.39 is 6.04 Å². The molecule has 4 heteroatoms. The Morgan fingerprint density at radius 1 is 0.938 bits per heavy atom. The van der Waals surface area contributed by atoms with E-state index in [0.717, 1.165) is 23.1 Å². The lowest BCUT2D eigenvalue weighted by Gasteiger charge is -2.31. The van der Waals surface area contributed by atoms with Crippen molar-refractivity contribution >= 4 is 11.8 Å². The van der Waals surface area contributed by atoms with Gasteiger partial charge in [-0.05, 0) is 55.7 Å². The van der Waals surface area contributed by atoms with Crippen molar-refractivity contribution in [3.8, 4) is 0 Å². The maximum atomic E-state index is 13.4. The Hall–Kier alpha value is -2.62. The van der Waals surface area contributed by atoms with Crippen molar-refractivity contribution in [3.63, 3.8) is 0 Å². The number of carbonyl (C=O) groups excluding carboxylic acids is 2. The second kappa shape index (κ2) is 12.4. The Labute approximate surface area is 194 Å². The number of benzene rings is 2. The maximum Gasteiger partial charge on any atom is 0.243 e. The summed E-state index contributed by atoms with van der Waals surface area (Å²) < 4.78 is 0. The molecule has 0 fully saturated rings. The molecule has 0 aliphatic heterocycles. The molecule has 0 aromatic heterocycles. The van der Waals surface area contributed by atoms with Crippen LogP contribution in [-0.4, -0.2) is 28.8 Å². The van der Waals surface area contributed by atoms with Gasteiger partial charge in [-0.15, -0.1) is 0 Å². The molecular formula is C28H40N2O2. The van der Waals surface area contributed by atoms with Gasteiger partial charge < -0.3 is 10.2 Å². The molecule has 0 bridgehead atoms. The molecule has 2 aromatic rings. The molecule has 174 valence electrons. The molecule has 0 spiro atoms. The van der Waals surface area contributed by atoms with Gasteiger partial charge in [-0.25, -0.2) is 0 Å². The highest BCUT2D eigenvalue weighted by Crippen LogP contribution is 2.18. The van der Waals surface area contributed by atoms with E-state index in [0.29, 0.717) is 31.7 Å². The van der Waals surface area contributed by atoms with Gasteiger partial charge >= 0.3 is 0 Å². The summed E-state index contributed by atoms with van der Waals surface area (Å²) in [5.41, 5.74) is 4.65. The molecule has 1 N–H and O–H groups in total. The number of nitrogens with one attached hydrogen (secondary N) is 1. The monoisotopic (exact) mass is 436 g/mol. The van der Waals surface area contributed by atoms with Crippen LogP contribution in [-0.2, 0) is 22.6 Å². The molecule has 0 aliphatic carbocycles. The zero-order valence-electron chi connectivity index (χ0n) is 20.7. The van der Waals surface area contributed by atoms with Gasteiger partial charge in [-0.1, -0.05) is 81.8 Å². The van der Waals surface area contributed by atoms with Gasteiger partial charge in [-0.3, -0.25) is 9.59 Å². The minimum absolute atomic E-state index is 0.0191. The van der Waals surface area contributed by atoms with Crippen LogP contribution in [0.15, 0.2) is 48.5 Å². The van der Waals surface area contributed by atoms with Crippen LogP contribution < -0.4 is 5.32 Å². The Morgan fingerprint density at radius 3 is 2.19 bits per heavy atom. The molecule has 0 saturated heterocycles. The lowest BCUT2D eigenvalue weighted by atomic mass is 10.00. The van der Waals surface area contributed by atoms with E-state index in [2.05, 4.69) is 49.5 Å². The van der Waals surface area contributed by atoms with Crippen LogP contribution >= 0.6 is 0 Å². The minimum atomic E-state index is -0.472. The van der Waals surface area contributed by atoms with Gasteiger partial charge in [-0.2, -0.15) is 0 Å². The quantitative estimate of drug-likeness (QED) is 0.486. The van der Waals surface area contributed by atoms with Crippen molar-refractivity contribution in [3.05, 3.63) is 70.8 Å². The molecular weight excluding hydrogens is 396 g/mol. The topological polar surface area (TPSA) is 49.4 Å². The first-order valence-corrected chi connectivity index (χ1v) is 12.0. The summed E-state index contributed by atoms with van der Waals surface area (Å²) in [6.45, 7) is 12.9. The molecule has 2 rings (SSSR count). The van der Waals surface area contributed by atoms with E-state index in [-0.39, 0.29) is 17.9 Å². The molecule has 4 nitrogen and oxygen atoms in total. The summed E-state index contributed by atoms with van der Waals surface area (Å²) in [5, 5.41) is 3.07. The SMILES string of the molecule is CC[C@H](C(=O)N[C@@H](C)CC)N(Cc1cccc(C)c1)C(=O)CCc1ccc(C(C)C)cc1. The van der Waals surface area contributed by atoms with Crippen LogP contribution in [0, 0.1) is 6.92 Å². The predicted octanol–water partition coefficient (Wildman–Crippen LogP) is 5.77. The van der Waals surface area contributed by atoms with Gasteiger partial charge in [0.2, 0.25) is 11.8 Å². The van der Waals surface area contributed by atoms with Crippen molar-refractivity contribution in [1.29, 1.82) is 0 Å². The fraction of sp³-hybridized carbons (Fsp3) is 0.500. The van der Waals surface area contributed by atoms with Gasteiger partial charge in [0.1, 0.15) is 6.04 Å². The van der Waals surface area contributed by atoms with Crippen molar-refractivity contribution in [2.75, 3.05) is 0 Å². The van der Waals surface area contributed by atoms with Crippen LogP contribution in [0.25, 0.3) is 0 Å². The fourth-order valence-corrected chi connectivity index (χ4v) is 3.83. The van der Waals surface area contributed by atoms with E-state index in [1.165, 1.54) is 5.56 Å². The first kappa shape index (κ1) is 25.6. The first-order valence-electron chi connectivity index (χ1n) is 12.0. The molecule has 0 saturated carbocycles. The van der Waals surface area contributed by atoms with Gasteiger partial charge in [0.25, 0.3) is 0 Å². The molecule has 2 aromatic carbocycles. The second-order valence-electron chi connectivity index (χ2n) is 9.15. The molecule has 0 radical (unpaired) electrons. The molecule has 2 amide bonds. The molecule has 0 heterocycles. The van der Waals surface area contributed by atoms with E-state index in [1.54, 1.807) is 4.90 Å². The fourth-order valence-electron chi connectivity index (χ4n) is 3.83. The number of aryl methyl sites for hydroxylation is 2. The number of hydrogen-bond donors (Lipinski definition) is 1. The predicted molar refractivity (Wildman–Crippen MR) is 133 cm³/mol. The zero-order valence-corrected chi connectivity index (χ0v) is 20.7. The highest BCUT2D eigenvalue weighted by molar-refractivity contribution is 5.87. The molecule has 0 unspecified atom stereocenters. The van der Waals surface area contributed by atoms with Crippen molar-refractivity contribution < 1.29 is 9.59 Å². The van der Waals surface area contributed by atoms with Crippen LogP contribution in [0.4, 0.5) is 0 Å². The molecule has 32 heavy (non-hydrogen) atoms. The second-order valence-corrected chi connectivity index (χ2v) is 9.15. The molecule has 2 atom stereocenters. The van der Waals surface area contributed by atoms with E-state index in [9.17, 15) is 9.59 Å². The van der Waals surface area contributed by atoms with Crippen LogP contribution in [0.3, 0.4) is 0 Å². The normalized spacial score (nSPS) is 13.0. The zero-order chi connectivity index (χ0) is 23.7. The van der Waals surface area contributed by atoms with Crippen molar-refractivity contribution in [1.82, 2.24) is 10.2 Å². The average Bonchev–Trinajstić information content (AvgIpc) is 2.77. The van der Waals surface area contributed by atoms with Crippen LogP contribution in [0.1, 0.15) is 82.1 Å². The van der Waals surface area contributed by atoms with Crippen LogP contribution in [0.2, 0.25) is 0 Å². The first-order chi connectivity index (χ1) is 15.2. The van der Waals surface area contributed by atoms with E-state index in [4.69, 9.17) is 0 Å². The van der Waals surface area contributed by atoms with Gasteiger partial charge in [0.05, 0.1) is 0 Å². The highest BCUT2D eigenvalue weighted by Gasteiger charge is 2.29. The third-order valence-electron chi connectivity index (χ3n) is 6.10. The lowest BCUT2D eigenvalue weighted by Crippen LogP contribution is -2.50. The number of rotatable bonds is 11. The number of carbonyl (C=O) groups is 2. The lowest BCUT2D eigenvalue weighted by molar-refractivity contribution is -0.141. The number of amides is 2. The Bertz CT molecular complexity index is 873. The summed E-state index contributed by atoms with van der Waals surface area (Å²) >= 11 is 0. The van der Waals surface area contributed by atoms with Crippen LogP contribution in [0.5, 0.6) is 0 Å². The maximum absolute atomic E-state index is 13.4. The Balaban J connectivity index is 2.19. The summed E-state index contributed by atoms with van der Waals surface area (Å²) in [5.74, 6) is 0.444.